The molecular weight excluding hydrogens is 334 g/mol. The maximum atomic E-state index is 12.0. The van der Waals surface area contributed by atoms with Crippen LogP contribution in [0.2, 0.25) is 0 Å². The van der Waals surface area contributed by atoms with Crippen LogP contribution < -0.4 is 15.4 Å². The Morgan fingerprint density at radius 3 is 2.54 bits per heavy atom. The fourth-order valence-corrected chi connectivity index (χ4v) is 2.47. The van der Waals surface area contributed by atoms with Crippen LogP contribution in [0.5, 0.6) is 11.5 Å². The summed E-state index contributed by atoms with van der Waals surface area (Å²) in [6.45, 7) is 5.79. The number of benzene rings is 2. The molecule has 0 atom stereocenters. The van der Waals surface area contributed by atoms with Gasteiger partial charge in [-0.25, -0.2) is 4.79 Å². The predicted octanol–water partition coefficient (Wildman–Crippen LogP) is 5.01. The van der Waals surface area contributed by atoms with Crippen LogP contribution in [-0.2, 0) is 0 Å². The molecule has 0 spiro atoms. The Balaban J connectivity index is 2.07. The maximum absolute atomic E-state index is 12.0. The summed E-state index contributed by atoms with van der Waals surface area (Å²) in [6.07, 6.45) is 1.74. The van der Waals surface area contributed by atoms with Crippen molar-refractivity contribution in [2.24, 2.45) is 0 Å². The normalized spacial score (nSPS) is 10.5. The Labute approximate surface area is 152 Å². The van der Waals surface area contributed by atoms with Crippen LogP contribution in [-0.4, -0.2) is 17.0 Å². The second kappa shape index (κ2) is 8.84. The number of nitro benzene ring substituents is 1. The molecule has 2 rings (SSSR count). The van der Waals surface area contributed by atoms with Gasteiger partial charge in [-0.15, -0.1) is 0 Å². The number of carbonyl (C=O) groups is 1. The van der Waals surface area contributed by atoms with Crippen LogP contribution in [0.3, 0.4) is 0 Å². The third kappa shape index (κ3) is 5.20. The Morgan fingerprint density at radius 2 is 1.92 bits per heavy atom. The lowest BCUT2D eigenvalue weighted by Gasteiger charge is -2.16. The van der Waals surface area contributed by atoms with Gasteiger partial charge >= 0.3 is 6.03 Å². The number of rotatable bonds is 7. The molecule has 7 heteroatoms. The second-order valence-electron chi connectivity index (χ2n) is 5.95. The van der Waals surface area contributed by atoms with Gasteiger partial charge in [0.25, 0.3) is 5.69 Å². The van der Waals surface area contributed by atoms with Crippen LogP contribution in [0.4, 0.5) is 16.2 Å². The number of urea groups is 1. The maximum Gasteiger partial charge on any atom is 0.319 e. The molecule has 2 aromatic rings. The summed E-state index contributed by atoms with van der Waals surface area (Å²) in [5, 5.41) is 16.5. The number of carbonyl (C=O) groups excluding carboxylic acids is 1. The number of nitrogens with zero attached hydrogens (tertiary/aromatic N) is 1. The van der Waals surface area contributed by atoms with E-state index in [1.807, 2.05) is 13.8 Å². The number of hydrogen-bond acceptors (Lipinski definition) is 4. The Morgan fingerprint density at radius 1 is 1.19 bits per heavy atom. The first-order valence-corrected chi connectivity index (χ1v) is 8.53. The second-order valence-corrected chi connectivity index (χ2v) is 5.95. The van der Waals surface area contributed by atoms with Crippen molar-refractivity contribution in [3.63, 3.8) is 0 Å². The van der Waals surface area contributed by atoms with Crippen LogP contribution in [0.1, 0.15) is 32.3 Å². The number of ether oxygens (including phenoxy) is 1. The van der Waals surface area contributed by atoms with E-state index < -0.39 is 4.92 Å². The summed E-state index contributed by atoms with van der Waals surface area (Å²) in [5.41, 5.74) is 1.28. The SMILES string of the molecule is CCC(CC)NC(=O)Nc1cccc(Oc2ccc([N+](=O)[O-])cc2C)c1. The first-order valence-electron chi connectivity index (χ1n) is 8.53. The van der Waals surface area contributed by atoms with Gasteiger partial charge in [-0.2, -0.15) is 0 Å². The number of nitrogens with one attached hydrogen (secondary N) is 2. The molecule has 0 aliphatic carbocycles. The largest absolute Gasteiger partial charge is 0.457 e. The van der Waals surface area contributed by atoms with Gasteiger partial charge in [0.15, 0.2) is 0 Å². The molecule has 0 bridgehead atoms. The van der Waals surface area contributed by atoms with Gasteiger partial charge in [0.2, 0.25) is 0 Å². The molecule has 0 saturated carbocycles. The zero-order valence-electron chi connectivity index (χ0n) is 15.1. The lowest BCUT2D eigenvalue weighted by molar-refractivity contribution is -0.384. The third-order valence-corrected chi connectivity index (χ3v) is 4.01. The van der Waals surface area contributed by atoms with Gasteiger partial charge in [0.1, 0.15) is 11.5 Å². The van der Waals surface area contributed by atoms with E-state index in [9.17, 15) is 14.9 Å². The summed E-state index contributed by atoms with van der Waals surface area (Å²) >= 11 is 0. The quantitative estimate of drug-likeness (QED) is 0.538. The van der Waals surface area contributed by atoms with Crippen molar-refractivity contribution in [1.82, 2.24) is 5.32 Å². The van der Waals surface area contributed by atoms with E-state index in [1.165, 1.54) is 12.1 Å². The number of nitro groups is 1. The molecule has 2 N–H and O–H groups in total. The van der Waals surface area contributed by atoms with E-state index in [-0.39, 0.29) is 17.8 Å². The molecule has 0 heterocycles. The predicted molar refractivity (Wildman–Crippen MR) is 101 cm³/mol. The monoisotopic (exact) mass is 357 g/mol. The lowest BCUT2D eigenvalue weighted by atomic mass is 10.2. The highest BCUT2D eigenvalue weighted by molar-refractivity contribution is 5.89. The Bertz CT molecular complexity index is 788. The minimum absolute atomic E-state index is 0.0170. The molecule has 0 aliphatic rings. The van der Waals surface area contributed by atoms with Crippen LogP contribution in [0.25, 0.3) is 0 Å². The van der Waals surface area contributed by atoms with E-state index in [1.54, 1.807) is 37.3 Å². The fourth-order valence-electron chi connectivity index (χ4n) is 2.47. The highest BCUT2D eigenvalue weighted by Gasteiger charge is 2.11. The molecule has 7 nitrogen and oxygen atoms in total. The highest BCUT2D eigenvalue weighted by atomic mass is 16.6. The number of aryl methyl sites for hydroxylation is 1. The average Bonchev–Trinajstić information content (AvgIpc) is 2.61. The van der Waals surface area contributed by atoms with Crippen molar-refractivity contribution >= 4 is 17.4 Å². The van der Waals surface area contributed by atoms with Crippen LogP contribution >= 0.6 is 0 Å². The summed E-state index contributed by atoms with van der Waals surface area (Å²) in [6, 6.07) is 11.3. The lowest BCUT2D eigenvalue weighted by Crippen LogP contribution is -2.37. The minimum Gasteiger partial charge on any atom is -0.457 e. The van der Waals surface area contributed by atoms with Crippen molar-refractivity contribution in [2.45, 2.75) is 39.7 Å². The van der Waals surface area contributed by atoms with E-state index in [4.69, 9.17) is 4.74 Å². The number of hydrogen-bond donors (Lipinski definition) is 2. The minimum atomic E-state index is -0.445. The van der Waals surface area contributed by atoms with E-state index in [0.717, 1.165) is 12.8 Å². The van der Waals surface area contributed by atoms with E-state index in [0.29, 0.717) is 22.7 Å². The molecule has 2 amide bonds. The molecule has 0 fully saturated rings. The highest BCUT2D eigenvalue weighted by Crippen LogP contribution is 2.29. The third-order valence-electron chi connectivity index (χ3n) is 4.01. The molecule has 0 aliphatic heterocycles. The van der Waals surface area contributed by atoms with Crippen LogP contribution in [0, 0.1) is 17.0 Å². The molecule has 0 radical (unpaired) electrons. The summed E-state index contributed by atoms with van der Waals surface area (Å²) in [7, 11) is 0. The summed E-state index contributed by atoms with van der Waals surface area (Å²) < 4.78 is 5.80. The van der Waals surface area contributed by atoms with Gasteiger partial charge in [-0.1, -0.05) is 19.9 Å². The molecule has 2 aromatic carbocycles. The standard InChI is InChI=1S/C19H23N3O4/c1-4-14(5-2)20-19(23)21-15-7-6-8-17(12-15)26-18-10-9-16(22(24)25)11-13(18)3/h6-12,14H,4-5H2,1-3H3,(H2,20,21,23). The summed E-state index contributed by atoms with van der Waals surface area (Å²) in [5.74, 6) is 1.05. The van der Waals surface area contributed by atoms with Crippen molar-refractivity contribution in [1.29, 1.82) is 0 Å². The first kappa shape index (κ1) is 19.2. The van der Waals surface area contributed by atoms with Gasteiger partial charge in [-0.05, 0) is 43.5 Å². The zero-order chi connectivity index (χ0) is 19.1. The number of anilines is 1. The van der Waals surface area contributed by atoms with Gasteiger partial charge < -0.3 is 15.4 Å². The molecule has 0 aromatic heterocycles. The van der Waals surface area contributed by atoms with E-state index >= 15 is 0 Å². The van der Waals surface area contributed by atoms with Gasteiger partial charge in [-0.3, -0.25) is 10.1 Å². The van der Waals surface area contributed by atoms with Crippen molar-refractivity contribution in [3.05, 3.63) is 58.1 Å². The first-order chi connectivity index (χ1) is 12.4. The average molecular weight is 357 g/mol. The number of non-ortho nitro benzene ring substituents is 1. The molecule has 138 valence electrons. The van der Waals surface area contributed by atoms with Crippen molar-refractivity contribution in [2.75, 3.05) is 5.32 Å². The fraction of sp³-hybridized carbons (Fsp3) is 0.316. The van der Waals surface area contributed by atoms with Gasteiger partial charge in [0, 0.05) is 29.9 Å². The zero-order valence-corrected chi connectivity index (χ0v) is 15.1. The molecular formula is C19H23N3O4. The van der Waals surface area contributed by atoms with Crippen molar-refractivity contribution < 1.29 is 14.5 Å². The summed E-state index contributed by atoms with van der Waals surface area (Å²) in [4.78, 5) is 22.4. The smallest absolute Gasteiger partial charge is 0.319 e. The van der Waals surface area contributed by atoms with E-state index in [2.05, 4.69) is 10.6 Å². The molecule has 0 unspecified atom stereocenters. The van der Waals surface area contributed by atoms with Gasteiger partial charge in [0.05, 0.1) is 4.92 Å². The Kier molecular flexibility index (Phi) is 6.54. The topological polar surface area (TPSA) is 93.5 Å². The van der Waals surface area contributed by atoms with Crippen LogP contribution in [0.15, 0.2) is 42.5 Å². The van der Waals surface area contributed by atoms with Crippen molar-refractivity contribution in [3.8, 4) is 11.5 Å². The molecule has 26 heavy (non-hydrogen) atoms. The number of amides is 2. The molecule has 0 saturated heterocycles. The Hall–Kier alpha value is -3.09.